The number of piperazine rings is 1. The molecule has 1 N–H and O–H groups in total. The topological polar surface area (TPSA) is 95.1 Å². The normalized spacial score (nSPS) is 18.8. The maximum absolute atomic E-state index is 13.1. The minimum absolute atomic E-state index is 0.147. The largest absolute Gasteiger partial charge is 0.379 e. The number of carbonyl (C=O) groups excluding carboxylic acids is 1. The Bertz CT molecular complexity index is 1050. The molecule has 33 heavy (non-hydrogen) atoms. The van der Waals surface area contributed by atoms with Gasteiger partial charge in [0.1, 0.15) is 0 Å². The molecule has 0 unspecified atom stereocenters. The number of nitrogens with zero attached hydrogens (tertiary/aromatic N) is 4. The summed E-state index contributed by atoms with van der Waals surface area (Å²) < 4.78 is 32.8. The van der Waals surface area contributed by atoms with Crippen molar-refractivity contribution in [2.24, 2.45) is 0 Å². The van der Waals surface area contributed by atoms with Crippen molar-refractivity contribution >= 4 is 21.6 Å². The Morgan fingerprint density at radius 3 is 2.45 bits per heavy atom. The van der Waals surface area contributed by atoms with E-state index in [-0.39, 0.29) is 17.3 Å². The van der Waals surface area contributed by atoms with Gasteiger partial charge >= 0.3 is 0 Å². The Labute approximate surface area is 195 Å². The van der Waals surface area contributed by atoms with E-state index in [9.17, 15) is 13.2 Å². The fourth-order valence-corrected chi connectivity index (χ4v) is 5.77. The number of sulfonamides is 1. The number of hydrogen-bond acceptors (Lipinski definition) is 7. The van der Waals surface area contributed by atoms with Crippen LogP contribution in [0.5, 0.6) is 0 Å². The minimum Gasteiger partial charge on any atom is -0.379 e. The van der Waals surface area contributed by atoms with Gasteiger partial charge in [0.25, 0.3) is 0 Å². The molecule has 0 radical (unpaired) electrons. The van der Waals surface area contributed by atoms with Gasteiger partial charge in [-0.15, -0.1) is 0 Å². The van der Waals surface area contributed by atoms with Crippen molar-refractivity contribution in [1.82, 2.24) is 19.1 Å². The van der Waals surface area contributed by atoms with Crippen LogP contribution in [0, 0.1) is 6.92 Å². The number of ether oxygens (including phenoxy) is 1. The quantitative estimate of drug-likeness (QED) is 0.645. The first-order chi connectivity index (χ1) is 15.9. The van der Waals surface area contributed by atoms with Gasteiger partial charge < -0.3 is 10.1 Å². The molecule has 1 amide bonds. The van der Waals surface area contributed by atoms with Crippen molar-refractivity contribution in [2.45, 2.75) is 18.4 Å². The summed E-state index contributed by atoms with van der Waals surface area (Å²) in [5.74, 6) is -0.147. The van der Waals surface area contributed by atoms with Gasteiger partial charge in [-0.1, -0.05) is 12.1 Å². The number of carbonyl (C=O) groups is 1. The molecule has 2 aliphatic heterocycles. The average molecular weight is 474 g/mol. The van der Waals surface area contributed by atoms with E-state index in [1.54, 1.807) is 31.3 Å². The van der Waals surface area contributed by atoms with E-state index in [1.807, 2.05) is 18.2 Å². The fraction of sp³-hybridized carbons (Fsp3) is 0.478. The zero-order chi connectivity index (χ0) is 23.3. The van der Waals surface area contributed by atoms with Crippen molar-refractivity contribution in [3.05, 3.63) is 53.9 Å². The Balaban J connectivity index is 1.31. The molecule has 178 valence electrons. The molecule has 9 nitrogen and oxygen atoms in total. The molecule has 0 bridgehead atoms. The third kappa shape index (κ3) is 6.15. The SMILES string of the molecule is Cc1ccc(NC(=O)CN2CCN(Cc3ccccn3)CC2)cc1S(=O)(=O)N1CCOCC1. The first kappa shape index (κ1) is 23.8. The van der Waals surface area contributed by atoms with Crippen molar-refractivity contribution in [3.8, 4) is 0 Å². The summed E-state index contributed by atoms with van der Waals surface area (Å²) in [4.78, 5) is 21.7. The smallest absolute Gasteiger partial charge is 0.243 e. The molecule has 0 aliphatic carbocycles. The number of aryl methyl sites for hydroxylation is 1. The minimum atomic E-state index is -3.63. The summed E-state index contributed by atoms with van der Waals surface area (Å²) in [7, 11) is -3.63. The van der Waals surface area contributed by atoms with Gasteiger partial charge in [0.15, 0.2) is 0 Å². The van der Waals surface area contributed by atoms with Crippen LogP contribution in [0.4, 0.5) is 5.69 Å². The molecule has 0 spiro atoms. The molecule has 0 atom stereocenters. The summed E-state index contributed by atoms with van der Waals surface area (Å²) >= 11 is 0. The Morgan fingerprint density at radius 2 is 1.76 bits per heavy atom. The van der Waals surface area contributed by atoms with Gasteiger partial charge in [0.2, 0.25) is 15.9 Å². The molecular weight excluding hydrogens is 442 g/mol. The van der Waals surface area contributed by atoms with E-state index >= 15 is 0 Å². The van der Waals surface area contributed by atoms with Crippen LogP contribution in [0.3, 0.4) is 0 Å². The number of rotatable bonds is 7. The lowest BCUT2D eigenvalue weighted by molar-refractivity contribution is -0.117. The lowest BCUT2D eigenvalue weighted by Crippen LogP contribution is -2.48. The highest BCUT2D eigenvalue weighted by molar-refractivity contribution is 7.89. The highest BCUT2D eigenvalue weighted by Gasteiger charge is 2.28. The van der Waals surface area contributed by atoms with Crippen LogP contribution in [0.2, 0.25) is 0 Å². The molecule has 2 fully saturated rings. The molecule has 1 aromatic carbocycles. The Hall–Kier alpha value is -2.37. The van der Waals surface area contributed by atoms with E-state index < -0.39 is 10.0 Å². The van der Waals surface area contributed by atoms with Gasteiger partial charge in [0.05, 0.1) is 30.3 Å². The summed E-state index contributed by atoms with van der Waals surface area (Å²) in [5.41, 5.74) is 2.20. The Kier molecular flexibility index (Phi) is 7.71. The van der Waals surface area contributed by atoms with Gasteiger partial charge in [0, 0.05) is 57.7 Å². The van der Waals surface area contributed by atoms with Crippen LogP contribution in [0.25, 0.3) is 0 Å². The van der Waals surface area contributed by atoms with Crippen molar-refractivity contribution in [1.29, 1.82) is 0 Å². The van der Waals surface area contributed by atoms with Gasteiger partial charge in [-0.3, -0.25) is 19.6 Å². The molecule has 10 heteroatoms. The van der Waals surface area contributed by atoms with Crippen LogP contribution in [-0.2, 0) is 26.1 Å². The molecule has 4 rings (SSSR count). The standard InChI is InChI=1S/C23H31N5O4S/c1-19-5-6-20(16-22(19)33(30,31)28-12-14-32-15-13-28)25-23(29)18-27-10-8-26(9-11-27)17-21-4-2-3-7-24-21/h2-7,16H,8-15,17-18H2,1H3,(H,25,29). The summed E-state index contributed by atoms with van der Waals surface area (Å²) in [6.07, 6.45) is 1.80. The van der Waals surface area contributed by atoms with E-state index in [0.717, 1.165) is 38.4 Å². The molecule has 2 saturated heterocycles. The highest BCUT2D eigenvalue weighted by atomic mass is 32.2. The molecule has 0 saturated carbocycles. The van der Waals surface area contributed by atoms with Crippen LogP contribution < -0.4 is 5.32 Å². The number of nitrogens with one attached hydrogen (secondary N) is 1. The van der Waals surface area contributed by atoms with Crippen LogP contribution in [0.15, 0.2) is 47.5 Å². The summed E-state index contributed by atoms with van der Waals surface area (Å²) in [6, 6.07) is 11.0. The van der Waals surface area contributed by atoms with Gasteiger partial charge in [-0.2, -0.15) is 4.31 Å². The molecular formula is C23H31N5O4S. The second-order valence-electron chi connectivity index (χ2n) is 8.42. The number of anilines is 1. The number of amides is 1. The Morgan fingerprint density at radius 1 is 1.03 bits per heavy atom. The fourth-order valence-electron chi connectivity index (χ4n) is 4.11. The van der Waals surface area contributed by atoms with Gasteiger partial charge in [-0.25, -0.2) is 8.42 Å². The van der Waals surface area contributed by atoms with E-state index in [1.165, 1.54) is 4.31 Å². The van der Waals surface area contributed by atoms with Crippen LogP contribution in [0.1, 0.15) is 11.3 Å². The van der Waals surface area contributed by atoms with E-state index in [4.69, 9.17) is 4.74 Å². The molecule has 2 aliphatic rings. The highest BCUT2D eigenvalue weighted by Crippen LogP contribution is 2.24. The number of aromatic nitrogens is 1. The maximum atomic E-state index is 13.1. The molecule has 1 aromatic heterocycles. The lowest BCUT2D eigenvalue weighted by atomic mass is 10.2. The lowest BCUT2D eigenvalue weighted by Gasteiger charge is -2.34. The predicted molar refractivity (Wildman–Crippen MR) is 125 cm³/mol. The summed E-state index contributed by atoms with van der Waals surface area (Å²) in [5, 5.41) is 2.87. The number of hydrogen-bond donors (Lipinski definition) is 1. The summed E-state index contributed by atoms with van der Waals surface area (Å²) in [6.45, 7) is 7.65. The number of benzene rings is 1. The third-order valence-electron chi connectivity index (χ3n) is 6.00. The zero-order valence-corrected chi connectivity index (χ0v) is 19.8. The predicted octanol–water partition coefficient (Wildman–Crippen LogP) is 1.17. The van der Waals surface area contributed by atoms with E-state index in [0.29, 0.717) is 37.6 Å². The molecule has 2 aromatic rings. The maximum Gasteiger partial charge on any atom is 0.243 e. The van der Waals surface area contributed by atoms with Crippen LogP contribution in [-0.4, -0.2) is 92.4 Å². The second-order valence-corrected chi connectivity index (χ2v) is 10.3. The van der Waals surface area contributed by atoms with E-state index in [2.05, 4.69) is 20.1 Å². The first-order valence-electron chi connectivity index (χ1n) is 11.2. The average Bonchev–Trinajstić information content (AvgIpc) is 2.83. The molecule has 3 heterocycles. The monoisotopic (exact) mass is 473 g/mol. The second kappa shape index (κ2) is 10.7. The van der Waals surface area contributed by atoms with Crippen LogP contribution >= 0.6 is 0 Å². The van der Waals surface area contributed by atoms with Crippen molar-refractivity contribution < 1.29 is 17.9 Å². The zero-order valence-electron chi connectivity index (χ0n) is 18.9. The number of pyridine rings is 1. The third-order valence-corrected chi connectivity index (χ3v) is 8.04. The first-order valence-corrected chi connectivity index (χ1v) is 12.7. The van der Waals surface area contributed by atoms with Crippen molar-refractivity contribution in [3.63, 3.8) is 0 Å². The van der Waals surface area contributed by atoms with Gasteiger partial charge in [-0.05, 0) is 36.8 Å². The number of morpholine rings is 1. The van der Waals surface area contributed by atoms with Crippen molar-refractivity contribution in [2.75, 3.05) is 64.3 Å².